The van der Waals surface area contributed by atoms with E-state index in [-0.39, 0.29) is 5.56 Å². The first-order valence-corrected chi connectivity index (χ1v) is 6.44. The number of aromatic carboxylic acids is 1. The second-order valence-corrected chi connectivity index (χ2v) is 4.47. The SMILES string of the molecule is CCC(CC)N1CCOc2c(C(=O)O)cccc21. The summed E-state index contributed by atoms with van der Waals surface area (Å²) in [4.78, 5) is 13.5. The molecular weight excluding hydrogens is 230 g/mol. The van der Waals surface area contributed by atoms with Crippen molar-refractivity contribution in [1.82, 2.24) is 0 Å². The lowest BCUT2D eigenvalue weighted by Crippen LogP contribution is -2.40. The molecule has 0 amide bonds. The van der Waals surface area contributed by atoms with Crippen LogP contribution in [0.25, 0.3) is 0 Å². The van der Waals surface area contributed by atoms with Crippen LogP contribution in [-0.2, 0) is 0 Å². The zero-order chi connectivity index (χ0) is 13.1. The van der Waals surface area contributed by atoms with E-state index in [0.717, 1.165) is 25.1 Å². The van der Waals surface area contributed by atoms with Gasteiger partial charge in [-0.05, 0) is 25.0 Å². The number of carboxylic acid groups (broad SMARTS) is 1. The Morgan fingerprint density at radius 3 is 2.78 bits per heavy atom. The number of para-hydroxylation sites is 1. The third-order valence-electron chi connectivity index (χ3n) is 3.50. The lowest BCUT2D eigenvalue weighted by molar-refractivity contribution is 0.0692. The van der Waals surface area contributed by atoms with Crippen LogP contribution >= 0.6 is 0 Å². The Balaban J connectivity index is 2.44. The molecule has 0 unspecified atom stereocenters. The maximum absolute atomic E-state index is 11.2. The van der Waals surface area contributed by atoms with Crippen LogP contribution in [0.1, 0.15) is 37.0 Å². The van der Waals surface area contributed by atoms with Crippen LogP contribution in [0.2, 0.25) is 0 Å². The van der Waals surface area contributed by atoms with E-state index in [1.807, 2.05) is 6.07 Å². The van der Waals surface area contributed by atoms with Gasteiger partial charge in [-0.15, -0.1) is 0 Å². The molecule has 0 spiro atoms. The van der Waals surface area contributed by atoms with E-state index in [0.29, 0.717) is 18.4 Å². The van der Waals surface area contributed by atoms with Crippen molar-refractivity contribution in [1.29, 1.82) is 0 Å². The van der Waals surface area contributed by atoms with Crippen molar-refractivity contribution < 1.29 is 14.6 Å². The highest BCUT2D eigenvalue weighted by Crippen LogP contribution is 2.36. The highest BCUT2D eigenvalue weighted by Gasteiger charge is 2.26. The molecule has 1 aromatic rings. The van der Waals surface area contributed by atoms with Crippen molar-refractivity contribution >= 4 is 11.7 Å². The molecule has 1 heterocycles. The molecule has 4 heteroatoms. The fraction of sp³-hybridized carbons (Fsp3) is 0.500. The number of hydrogen-bond donors (Lipinski definition) is 1. The maximum atomic E-state index is 11.2. The fourth-order valence-corrected chi connectivity index (χ4v) is 2.55. The predicted octanol–water partition coefficient (Wildman–Crippen LogP) is 2.77. The molecule has 1 aliphatic rings. The molecule has 0 saturated carbocycles. The van der Waals surface area contributed by atoms with Crippen LogP contribution in [0, 0.1) is 0 Å². The Hall–Kier alpha value is -1.71. The normalized spacial score (nSPS) is 14.3. The lowest BCUT2D eigenvalue weighted by atomic mass is 10.1. The van der Waals surface area contributed by atoms with Gasteiger partial charge in [-0.3, -0.25) is 0 Å². The topological polar surface area (TPSA) is 49.8 Å². The molecule has 1 aliphatic heterocycles. The van der Waals surface area contributed by atoms with Crippen molar-refractivity contribution in [3.63, 3.8) is 0 Å². The first-order valence-electron chi connectivity index (χ1n) is 6.44. The number of ether oxygens (including phenoxy) is 1. The second kappa shape index (κ2) is 5.29. The summed E-state index contributed by atoms with van der Waals surface area (Å²) in [7, 11) is 0. The molecular formula is C14H19NO3. The van der Waals surface area contributed by atoms with Gasteiger partial charge in [0.15, 0.2) is 5.75 Å². The highest BCUT2D eigenvalue weighted by molar-refractivity contribution is 5.93. The molecule has 1 N–H and O–H groups in total. The maximum Gasteiger partial charge on any atom is 0.339 e. The zero-order valence-electron chi connectivity index (χ0n) is 10.8. The van der Waals surface area contributed by atoms with Crippen LogP contribution in [-0.4, -0.2) is 30.3 Å². The van der Waals surface area contributed by atoms with Crippen molar-refractivity contribution in [3.8, 4) is 5.75 Å². The number of anilines is 1. The highest BCUT2D eigenvalue weighted by atomic mass is 16.5. The Labute approximate surface area is 107 Å². The van der Waals surface area contributed by atoms with Gasteiger partial charge in [0.25, 0.3) is 0 Å². The van der Waals surface area contributed by atoms with E-state index in [1.54, 1.807) is 12.1 Å². The third-order valence-corrected chi connectivity index (χ3v) is 3.50. The van der Waals surface area contributed by atoms with E-state index >= 15 is 0 Å². The van der Waals surface area contributed by atoms with E-state index in [9.17, 15) is 9.90 Å². The van der Waals surface area contributed by atoms with Crippen LogP contribution in [0.5, 0.6) is 5.75 Å². The Bertz CT molecular complexity index is 441. The molecule has 2 rings (SSSR count). The van der Waals surface area contributed by atoms with Crippen molar-refractivity contribution in [2.75, 3.05) is 18.1 Å². The standard InChI is InChI=1S/C14H19NO3/c1-3-10(4-2)15-8-9-18-13-11(14(16)17)6-5-7-12(13)15/h5-7,10H,3-4,8-9H2,1-2H3,(H,16,17). The van der Waals surface area contributed by atoms with Gasteiger partial charge in [0.2, 0.25) is 0 Å². The summed E-state index contributed by atoms with van der Waals surface area (Å²) in [6, 6.07) is 5.76. The molecule has 1 aromatic carbocycles. The molecule has 0 bridgehead atoms. The number of rotatable bonds is 4. The van der Waals surface area contributed by atoms with E-state index in [2.05, 4.69) is 18.7 Å². The number of carboxylic acids is 1. The van der Waals surface area contributed by atoms with Gasteiger partial charge in [0, 0.05) is 6.04 Å². The van der Waals surface area contributed by atoms with Crippen LogP contribution in [0.4, 0.5) is 5.69 Å². The molecule has 4 nitrogen and oxygen atoms in total. The van der Waals surface area contributed by atoms with Crippen molar-refractivity contribution in [3.05, 3.63) is 23.8 Å². The smallest absolute Gasteiger partial charge is 0.339 e. The zero-order valence-corrected chi connectivity index (χ0v) is 10.8. The molecule has 18 heavy (non-hydrogen) atoms. The number of carbonyl (C=O) groups is 1. The Morgan fingerprint density at radius 1 is 1.44 bits per heavy atom. The van der Waals surface area contributed by atoms with Gasteiger partial charge in [0.05, 0.1) is 12.2 Å². The molecule has 0 atom stereocenters. The quantitative estimate of drug-likeness (QED) is 0.891. The minimum Gasteiger partial charge on any atom is -0.489 e. The summed E-state index contributed by atoms with van der Waals surface area (Å²) >= 11 is 0. The van der Waals surface area contributed by atoms with Crippen LogP contribution in [0.3, 0.4) is 0 Å². The molecule has 0 fully saturated rings. The number of fused-ring (bicyclic) bond motifs is 1. The predicted molar refractivity (Wildman–Crippen MR) is 70.6 cm³/mol. The van der Waals surface area contributed by atoms with Gasteiger partial charge in [-0.25, -0.2) is 4.79 Å². The van der Waals surface area contributed by atoms with Crippen molar-refractivity contribution in [2.24, 2.45) is 0 Å². The average Bonchev–Trinajstić information content (AvgIpc) is 2.39. The van der Waals surface area contributed by atoms with Gasteiger partial charge in [0.1, 0.15) is 12.2 Å². The molecule has 0 aliphatic carbocycles. The number of hydrogen-bond acceptors (Lipinski definition) is 3. The monoisotopic (exact) mass is 249 g/mol. The van der Waals surface area contributed by atoms with Gasteiger partial charge < -0.3 is 14.7 Å². The second-order valence-electron chi connectivity index (χ2n) is 4.47. The van der Waals surface area contributed by atoms with Crippen LogP contribution in [0.15, 0.2) is 18.2 Å². The number of benzene rings is 1. The lowest BCUT2D eigenvalue weighted by Gasteiger charge is -2.37. The molecule has 0 radical (unpaired) electrons. The largest absolute Gasteiger partial charge is 0.489 e. The van der Waals surface area contributed by atoms with E-state index in [1.165, 1.54) is 0 Å². The minimum absolute atomic E-state index is 0.253. The van der Waals surface area contributed by atoms with Gasteiger partial charge in [-0.2, -0.15) is 0 Å². The number of nitrogens with zero attached hydrogens (tertiary/aromatic N) is 1. The Morgan fingerprint density at radius 2 is 2.17 bits per heavy atom. The molecule has 98 valence electrons. The van der Waals surface area contributed by atoms with Crippen LogP contribution < -0.4 is 9.64 Å². The summed E-state index contributed by atoms with van der Waals surface area (Å²) in [5.74, 6) is -0.415. The Kier molecular flexibility index (Phi) is 3.75. The van der Waals surface area contributed by atoms with Gasteiger partial charge in [-0.1, -0.05) is 19.9 Å². The summed E-state index contributed by atoms with van der Waals surface area (Å²) < 4.78 is 5.56. The summed E-state index contributed by atoms with van der Waals surface area (Å²) in [5.41, 5.74) is 1.16. The van der Waals surface area contributed by atoms with Crippen molar-refractivity contribution in [2.45, 2.75) is 32.7 Å². The summed E-state index contributed by atoms with van der Waals surface area (Å²) in [6.07, 6.45) is 2.10. The summed E-state index contributed by atoms with van der Waals surface area (Å²) in [5, 5.41) is 9.18. The third kappa shape index (κ3) is 2.15. The molecule has 0 saturated heterocycles. The average molecular weight is 249 g/mol. The molecule has 0 aromatic heterocycles. The minimum atomic E-state index is -0.932. The fourth-order valence-electron chi connectivity index (χ4n) is 2.55. The van der Waals surface area contributed by atoms with Gasteiger partial charge >= 0.3 is 5.97 Å². The van der Waals surface area contributed by atoms with E-state index in [4.69, 9.17) is 4.74 Å². The first-order chi connectivity index (χ1) is 8.69. The first kappa shape index (κ1) is 12.7. The van der Waals surface area contributed by atoms with E-state index < -0.39 is 5.97 Å². The summed E-state index contributed by atoms with van der Waals surface area (Å²) in [6.45, 7) is 5.69.